The minimum absolute atomic E-state index is 0.143. The number of carbonyl (C=O) groups is 1. The van der Waals surface area contributed by atoms with Gasteiger partial charge in [-0.05, 0) is 25.1 Å². The third kappa shape index (κ3) is 6.10. The Kier molecular flexibility index (Phi) is 7.68. The highest BCUT2D eigenvalue weighted by atomic mass is 35.5. The van der Waals surface area contributed by atoms with Crippen molar-refractivity contribution in [2.45, 2.75) is 19.8 Å². The van der Waals surface area contributed by atoms with E-state index < -0.39 is 5.97 Å². The molecular formula is C11H16ClNO2. The molecule has 0 amide bonds. The second-order valence-electron chi connectivity index (χ2n) is 2.93. The summed E-state index contributed by atoms with van der Waals surface area (Å²) in [6, 6.07) is 6.33. The lowest BCUT2D eigenvalue weighted by atomic mass is 10.2. The Morgan fingerprint density at radius 2 is 2.07 bits per heavy atom. The summed E-state index contributed by atoms with van der Waals surface area (Å²) in [4.78, 5) is 10.3. The smallest absolute Gasteiger partial charge is 0.337 e. The Hall–Kier alpha value is -1.06. The van der Waals surface area contributed by atoms with Gasteiger partial charge in [0.15, 0.2) is 0 Å². The van der Waals surface area contributed by atoms with Crippen molar-refractivity contribution in [3.8, 4) is 0 Å². The van der Waals surface area contributed by atoms with E-state index in [9.17, 15) is 4.79 Å². The van der Waals surface area contributed by atoms with Crippen molar-refractivity contribution in [1.82, 2.24) is 0 Å². The van der Waals surface area contributed by atoms with E-state index in [1.807, 2.05) is 0 Å². The van der Waals surface area contributed by atoms with Gasteiger partial charge in [0.25, 0.3) is 0 Å². The number of benzene rings is 1. The summed E-state index contributed by atoms with van der Waals surface area (Å²) in [7, 11) is 0. The van der Waals surface area contributed by atoms with Crippen molar-refractivity contribution in [2.75, 3.05) is 6.54 Å². The fourth-order valence-corrected chi connectivity index (χ4v) is 1.06. The quantitative estimate of drug-likeness (QED) is 0.838. The number of hydrogen-bond acceptors (Lipinski definition) is 2. The van der Waals surface area contributed by atoms with Gasteiger partial charge in [0, 0.05) is 0 Å². The highest BCUT2D eigenvalue weighted by Gasteiger charge is 2.04. The molecule has 0 aliphatic carbocycles. The molecule has 3 N–H and O–H groups in total. The normalized spacial score (nSPS) is 9.00. The number of nitrogens with two attached hydrogens (primary N) is 1. The number of unbranched alkanes of at least 4 members (excludes halogenated alkanes) is 1. The average molecular weight is 230 g/mol. The SMILES string of the molecule is CCCCN.O=C(O)c1ccccc1Cl. The third-order valence-electron chi connectivity index (χ3n) is 1.66. The Bertz CT molecular complexity index is 300. The number of hydrogen-bond donors (Lipinski definition) is 2. The van der Waals surface area contributed by atoms with E-state index in [0.29, 0.717) is 0 Å². The standard InChI is InChI=1S/C7H5ClO2.C4H11N/c8-6-4-2-1-3-5(6)7(9)10;1-2-3-4-5/h1-4H,(H,9,10);2-5H2,1H3. The molecule has 0 atom stereocenters. The zero-order valence-corrected chi connectivity index (χ0v) is 9.50. The zero-order valence-electron chi connectivity index (χ0n) is 8.74. The van der Waals surface area contributed by atoms with Crippen LogP contribution in [0, 0.1) is 0 Å². The summed E-state index contributed by atoms with van der Waals surface area (Å²) in [5.41, 5.74) is 5.28. The predicted molar refractivity (Wildman–Crippen MR) is 62.4 cm³/mol. The van der Waals surface area contributed by atoms with Crippen LogP contribution in [-0.4, -0.2) is 17.6 Å². The van der Waals surface area contributed by atoms with Crippen LogP contribution in [0.25, 0.3) is 0 Å². The predicted octanol–water partition coefficient (Wildman–Crippen LogP) is 2.78. The number of carboxylic acid groups (broad SMARTS) is 1. The largest absolute Gasteiger partial charge is 0.478 e. The molecule has 0 heterocycles. The first-order valence-electron chi connectivity index (χ1n) is 4.81. The van der Waals surface area contributed by atoms with Crippen molar-refractivity contribution in [1.29, 1.82) is 0 Å². The molecule has 0 bridgehead atoms. The molecule has 1 aromatic carbocycles. The zero-order chi connectivity index (χ0) is 11.7. The van der Waals surface area contributed by atoms with Gasteiger partial charge in [-0.15, -0.1) is 0 Å². The first-order valence-corrected chi connectivity index (χ1v) is 5.19. The van der Waals surface area contributed by atoms with E-state index in [2.05, 4.69) is 6.92 Å². The summed E-state index contributed by atoms with van der Waals surface area (Å²) < 4.78 is 0. The molecular weight excluding hydrogens is 214 g/mol. The van der Waals surface area contributed by atoms with E-state index >= 15 is 0 Å². The van der Waals surface area contributed by atoms with Crippen molar-refractivity contribution in [3.05, 3.63) is 34.9 Å². The molecule has 1 rings (SSSR count). The van der Waals surface area contributed by atoms with E-state index in [0.717, 1.165) is 6.54 Å². The van der Waals surface area contributed by atoms with Crippen molar-refractivity contribution in [3.63, 3.8) is 0 Å². The van der Waals surface area contributed by atoms with Crippen LogP contribution in [0.5, 0.6) is 0 Å². The van der Waals surface area contributed by atoms with E-state index in [1.165, 1.54) is 18.9 Å². The van der Waals surface area contributed by atoms with E-state index in [1.54, 1.807) is 18.2 Å². The maximum absolute atomic E-state index is 10.3. The van der Waals surface area contributed by atoms with Gasteiger partial charge in [0.1, 0.15) is 0 Å². The van der Waals surface area contributed by atoms with Crippen molar-refractivity contribution < 1.29 is 9.90 Å². The lowest BCUT2D eigenvalue weighted by Crippen LogP contribution is -1.95. The Balaban J connectivity index is 0.000000336. The topological polar surface area (TPSA) is 63.3 Å². The van der Waals surface area contributed by atoms with Crippen molar-refractivity contribution >= 4 is 17.6 Å². The van der Waals surface area contributed by atoms with Crippen LogP contribution in [0.2, 0.25) is 5.02 Å². The molecule has 0 aliphatic heterocycles. The fourth-order valence-electron chi connectivity index (χ4n) is 0.839. The van der Waals surface area contributed by atoms with Crippen LogP contribution in [-0.2, 0) is 0 Å². The summed E-state index contributed by atoms with van der Waals surface area (Å²) >= 11 is 5.54. The van der Waals surface area contributed by atoms with Crippen LogP contribution in [0.3, 0.4) is 0 Å². The molecule has 0 radical (unpaired) electrons. The maximum atomic E-state index is 10.3. The summed E-state index contributed by atoms with van der Waals surface area (Å²) in [6.45, 7) is 2.98. The summed E-state index contributed by atoms with van der Waals surface area (Å²) in [5.74, 6) is -0.995. The summed E-state index contributed by atoms with van der Waals surface area (Å²) in [6.07, 6.45) is 2.39. The van der Waals surface area contributed by atoms with E-state index in [-0.39, 0.29) is 10.6 Å². The molecule has 0 aromatic heterocycles. The second kappa shape index (κ2) is 8.26. The average Bonchev–Trinajstić information content (AvgIpc) is 2.20. The minimum Gasteiger partial charge on any atom is -0.478 e. The number of carboxylic acids is 1. The minimum atomic E-state index is -0.995. The second-order valence-corrected chi connectivity index (χ2v) is 3.33. The molecule has 0 saturated carbocycles. The van der Waals surface area contributed by atoms with Gasteiger partial charge >= 0.3 is 5.97 Å². The lowest BCUT2D eigenvalue weighted by Gasteiger charge is -1.94. The van der Waals surface area contributed by atoms with Crippen LogP contribution in [0.15, 0.2) is 24.3 Å². The van der Waals surface area contributed by atoms with Crippen molar-refractivity contribution in [2.24, 2.45) is 5.73 Å². The third-order valence-corrected chi connectivity index (χ3v) is 1.99. The van der Waals surface area contributed by atoms with Crippen LogP contribution >= 0.6 is 11.6 Å². The molecule has 0 spiro atoms. The molecule has 0 unspecified atom stereocenters. The van der Waals surface area contributed by atoms with Gasteiger partial charge in [-0.1, -0.05) is 37.1 Å². The Morgan fingerprint density at radius 1 is 1.47 bits per heavy atom. The number of halogens is 1. The highest BCUT2D eigenvalue weighted by Crippen LogP contribution is 2.13. The van der Waals surface area contributed by atoms with Gasteiger partial charge in [0.05, 0.1) is 10.6 Å². The first-order chi connectivity index (χ1) is 7.13. The molecule has 0 saturated heterocycles. The molecule has 1 aromatic rings. The Labute approximate surface area is 94.9 Å². The van der Waals surface area contributed by atoms with Gasteiger partial charge < -0.3 is 10.8 Å². The molecule has 0 fully saturated rings. The maximum Gasteiger partial charge on any atom is 0.337 e. The van der Waals surface area contributed by atoms with Gasteiger partial charge in [-0.25, -0.2) is 4.79 Å². The summed E-state index contributed by atoms with van der Waals surface area (Å²) in [5, 5.41) is 8.75. The number of aromatic carboxylic acids is 1. The van der Waals surface area contributed by atoms with Gasteiger partial charge in [0.2, 0.25) is 0 Å². The molecule has 0 aliphatic rings. The molecule has 4 heteroatoms. The molecule has 84 valence electrons. The highest BCUT2D eigenvalue weighted by molar-refractivity contribution is 6.33. The Morgan fingerprint density at radius 3 is 2.33 bits per heavy atom. The van der Waals surface area contributed by atoms with Crippen LogP contribution in [0.4, 0.5) is 0 Å². The lowest BCUT2D eigenvalue weighted by molar-refractivity contribution is 0.0697. The fraction of sp³-hybridized carbons (Fsp3) is 0.364. The van der Waals surface area contributed by atoms with Gasteiger partial charge in [-0.2, -0.15) is 0 Å². The van der Waals surface area contributed by atoms with Crippen LogP contribution in [0.1, 0.15) is 30.1 Å². The van der Waals surface area contributed by atoms with Gasteiger partial charge in [-0.3, -0.25) is 0 Å². The van der Waals surface area contributed by atoms with E-state index in [4.69, 9.17) is 22.4 Å². The van der Waals surface area contributed by atoms with Crippen LogP contribution < -0.4 is 5.73 Å². The first kappa shape index (κ1) is 13.9. The molecule has 3 nitrogen and oxygen atoms in total. The number of rotatable bonds is 3. The molecule has 15 heavy (non-hydrogen) atoms. The monoisotopic (exact) mass is 229 g/mol.